The molecule has 0 radical (unpaired) electrons. The second kappa shape index (κ2) is 7.49. The van der Waals surface area contributed by atoms with Crippen molar-refractivity contribution < 1.29 is 12.8 Å². The number of aromatic nitrogens is 3. The monoisotopic (exact) mass is 414 g/mol. The molecule has 0 saturated carbocycles. The van der Waals surface area contributed by atoms with Crippen LogP contribution in [0.3, 0.4) is 0 Å². The summed E-state index contributed by atoms with van der Waals surface area (Å²) in [6.45, 7) is 2.02. The van der Waals surface area contributed by atoms with Crippen molar-refractivity contribution >= 4 is 10.0 Å². The lowest BCUT2D eigenvalue weighted by atomic mass is 10.1. The molecular weight excluding hydrogens is 395 g/mol. The van der Waals surface area contributed by atoms with Crippen LogP contribution >= 0.6 is 0 Å². The molecule has 0 bridgehead atoms. The molecule has 0 amide bonds. The smallest absolute Gasteiger partial charge is 0.251 e. The maximum atomic E-state index is 13.5. The minimum absolute atomic E-state index is 0.0593. The molecule has 0 aliphatic carbocycles. The van der Waals surface area contributed by atoms with E-state index in [2.05, 4.69) is 15.0 Å². The molecule has 4 rings (SSSR count). The number of halogens is 1. The van der Waals surface area contributed by atoms with Crippen LogP contribution < -0.4 is 5.56 Å². The summed E-state index contributed by atoms with van der Waals surface area (Å²) in [5.41, 5.74) is 1.26. The van der Waals surface area contributed by atoms with Crippen molar-refractivity contribution in [3.63, 3.8) is 0 Å². The van der Waals surface area contributed by atoms with Crippen molar-refractivity contribution in [2.75, 3.05) is 13.1 Å². The van der Waals surface area contributed by atoms with Crippen LogP contribution in [0.2, 0.25) is 0 Å². The van der Waals surface area contributed by atoms with Crippen molar-refractivity contribution in [2.24, 2.45) is 0 Å². The Kier molecular flexibility index (Phi) is 5.01. The van der Waals surface area contributed by atoms with E-state index in [1.165, 1.54) is 29.4 Å². The fourth-order valence-corrected chi connectivity index (χ4v) is 5.02. The van der Waals surface area contributed by atoms with Crippen LogP contribution in [0.25, 0.3) is 11.3 Å². The lowest BCUT2D eigenvalue weighted by Crippen LogP contribution is -2.29. The highest BCUT2D eigenvalue weighted by Crippen LogP contribution is 2.30. The van der Waals surface area contributed by atoms with E-state index >= 15 is 0 Å². The van der Waals surface area contributed by atoms with Crippen molar-refractivity contribution in [1.29, 1.82) is 0 Å². The lowest BCUT2D eigenvalue weighted by molar-refractivity contribution is 0.470. The molecule has 9 heteroatoms. The minimum Gasteiger partial charge on any atom is -0.310 e. The number of aryl methyl sites for hydroxylation is 1. The van der Waals surface area contributed by atoms with Gasteiger partial charge in [0.1, 0.15) is 11.6 Å². The van der Waals surface area contributed by atoms with Crippen LogP contribution in [0.4, 0.5) is 4.39 Å². The lowest BCUT2D eigenvalue weighted by Gasteiger charge is -2.17. The molecule has 1 aliphatic heterocycles. The third-order valence-corrected chi connectivity index (χ3v) is 6.90. The third-order valence-electron chi connectivity index (χ3n) is 5.04. The van der Waals surface area contributed by atoms with Gasteiger partial charge in [0.15, 0.2) is 0 Å². The molecular formula is C20H19FN4O3S. The molecule has 0 unspecified atom stereocenters. The number of hydrogen-bond donors (Lipinski definition) is 1. The number of rotatable bonds is 4. The summed E-state index contributed by atoms with van der Waals surface area (Å²) in [4.78, 5) is 23.4. The van der Waals surface area contributed by atoms with Gasteiger partial charge in [-0.1, -0.05) is 0 Å². The Morgan fingerprint density at radius 3 is 2.66 bits per heavy atom. The van der Waals surface area contributed by atoms with Crippen molar-refractivity contribution in [3.05, 3.63) is 76.4 Å². The Morgan fingerprint density at radius 2 is 1.93 bits per heavy atom. The van der Waals surface area contributed by atoms with Gasteiger partial charge in [-0.15, -0.1) is 0 Å². The maximum absolute atomic E-state index is 13.5. The summed E-state index contributed by atoms with van der Waals surface area (Å²) < 4.78 is 40.7. The highest BCUT2D eigenvalue weighted by Gasteiger charge is 2.34. The van der Waals surface area contributed by atoms with Crippen molar-refractivity contribution in [2.45, 2.75) is 24.2 Å². The number of sulfonamides is 1. The van der Waals surface area contributed by atoms with E-state index in [9.17, 15) is 17.6 Å². The molecule has 1 aliphatic rings. The summed E-state index contributed by atoms with van der Waals surface area (Å²) in [5.74, 6) is -0.226. The number of nitrogens with one attached hydrogen (secondary N) is 1. The molecule has 3 aromatic rings. The van der Waals surface area contributed by atoms with Gasteiger partial charge in [0.25, 0.3) is 5.56 Å². The van der Waals surface area contributed by atoms with Crippen LogP contribution in [0, 0.1) is 12.7 Å². The van der Waals surface area contributed by atoms with Gasteiger partial charge in [0, 0.05) is 43.0 Å². The van der Waals surface area contributed by atoms with E-state index < -0.39 is 15.8 Å². The third kappa shape index (κ3) is 3.83. The summed E-state index contributed by atoms with van der Waals surface area (Å²) in [6, 6.07) is 8.69. The van der Waals surface area contributed by atoms with E-state index in [0.717, 1.165) is 11.6 Å². The average Bonchev–Trinajstić information content (AvgIpc) is 3.21. The zero-order valence-corrected chi connectivity index (χ0v) is 16.5. The van der Waals surface area contributed by atoms with Gasteiger partial charge in [-0.25, -0.2) is 17.8 Å². The Bertz CT molecular complexity index is 1210. The Morgan fingerprint density at radius 1 is 1.17 bits per heavy atom. The predicted octanol–water partition coefficient (Wildman–Crippen LogP) is 2.46. The van der Waals surface area contributed by atoms with Gasteiger partial charge < -0.3 is 4.98 Å². The molecule has 150 valence electrons. The molecule has 1 saturated heterocycles. The standard InChI is InChI=1S/C20H19FN4O3S/c1-13-10-16(2-3-17(13)21)29(27,28)25-9-6-15(12-25)20-23-18(11-19(26)24-20)14-4-7-22-8-5-14/h2-5,7-8,10-11,15H,6,9,12H2,1H3,(H,23,24,26)/t15-/m1/s1. The molecule has 1 N–H and O–H groups in total. The average molecular weight is 414 g/mol. The first-order valence-corrected chi connectivity index (χ1v) is 10.6. The van der Waals surface area contributed by atoms with E-state index in [1.54, 1.807) is 24.5 Å². The van der Waals surface area contributed by atoms with E-state index in [1.807, 2.05) is 0 Å². The number of aromatic amines is 1. The number of benzene rings is 1. The van der Waals surface area contributed by atoms with Crippen LogP contribution in [0.5, 0.6) is 0 Å². The summed E-state index contributed by atoms with van der Waals surface area (Å²) in [7, 11) is -3.75. The number of H-pyrrole nitrogens is 1. The van der Waals surface area contributed by atoms with E-state index in [-0.39, 0.29) is 28.5 Å². The zero-order chi connectivity index (χ0) is 20.6. The number of hydrogen-bond acceptors (Lipinski definition) is 5. The molecule has 7 nitrogen and oxygen atoms in total. The van der Waals surface area contributed by atoms with Crippen molar-refractivity contribution in [1.82, 2.24) is 19.3 Å². The summed E-state index contributed by atoms with van der Waals surface area (Å²) >= 11 is 0. The molecule has 3 heterocycles. The highest BCUT2D eigenvalue weighted by atomic mass is 32.2. The Balaban J connectivity index is 1.61. The molecule has 29 heavy (non-hydrogen) atoms. The van der Waals surface area contributed by atoms with Gasteiger partial charge in [0.2, 0.25) is 10.0 Å². The van der Waals surface area contributed by atoms with Crippen LogP contribution in [-0.2, 0) is 10.0 Å². The number of nitrogens with zero attached hydrogens (tertiary/aromatic N) is 3. The SMILES string of the molecule is Cc1cc(S(=O)(=O)N2CC[C@@H](c3nc(-c4ccncc4)cc(=O)[nH]3)C2)ccc1F. The quantitative estimate of drug-likeness (QED) is 0.708. The van der Waals surface area contributed by atoms with Gasteiger partial charge in [-0.3, -0.25) is 9.78 Å². The molecule has 0 spiro atoms. The van der Waals surface area contributed by atoms with Crippen molar-refractivity contribution in [3.8, 4) is 11.3 Å². The molecule has 1 fully saturated rings. The van der Waals surface area contributed by atoms with Crippen LogP contribution in [0.15, 0.2) is 58.5 Å². The second-order valence-corrected chi connectivity index (χ2v) is 8.95. The molecule has 1 aromatic carbocycles. The highest BCUT2D eigenvalue weighted by molar-refractivity contribution is 7.89. The molecule has 1 atom stereocenters. The maximum Gasteiger partial charge on any atom is 0.251 e. The van der Waals surface area contributed by atoms with Gasteiger partial charge in [0.05, 0.1) is 10.6 Å². The fourth-order valence-electron chi connectivity index (χ4n) is 3.44. The van der Waals surface area contributed by atoms with Gasteiger partial charge >= 0.3 is 0 Å². The summed E-state index contributed by atoms with van der Waals surface area (Å²) in [5, 5.41) is 0. The van der Waals surface area contributed by atoms with Gasteiger partial charge in [-0.05, 0) is 49.2 Å². The Hall–Kier alpha value is -2.91. The zero-order valence-electron chi connectivity index (χ0n) is 15.7. The first-order valence-electron chi connectivity index (χ1n) is 9.12. The second-order valence-electron chi connectivity index (χ2n) is 7.01. The summed E-state index contributed by atoms with van der Waals surface area (Å²) in [6.07, 6.45) is 3.76. The van der Waals surface area contributed by atoms with Crippen LogP contribution in [-0.4, -0.2) is 40.8 Å². The topological polar surface area (TPSA) is 96.0 Å². The Labute approximate surface area is 167 Å². The van der Waals surface area contributed by atoms with E-state index in [4.69, 9.17) is 0 Å². The minimum atomic E-state index is -3.75. The van der Waals surface area contributed by atoms with Gasteiger partial charge in [-0.2, -0.15) is 4.31 Å². The normalized spacial score (nSPS) is 17.5. The predicted molar refractivity (Wildman–Crippen MR) is 105 cm³/mol. The van der Waals surface area contributed by atoms with Crippen LogP contribution in [0.1, 0.15) is 23.7 Å². The molecule has 2 aromatic heterocycles. The number of pyridine rings is 1. The van der Waals surface area contributed by atoms with E-state index in [0.29, 0.717) is 24.5 Å². The first-order chi connectivity index (χ1) is 13.8. The largest absolute Gasteiger partial charge is 0.310 e. The first kappa shape index (κ1) is 19.4. The fraction of sp³-hybridized carbons (Fsp3) is 0.250.